The predicted molar refractivity (Wildman–Crippen MR) is 66.5 cm³/mol. The number of rotatable bonds is 6. The van der Waals surface area contributed by atoms with Crippen LogP contribution in [0, 0.1) is 5.92 Å². The van der Waals surface area contributed by atoms with E-state index in [4.69, 9.17) is 10.5 Å². The SMILES string of the molecule is COc1ncccc1CS(=O)(=O)CC(C)CN. The van der Waals surface area contributed by atoms with Crippen LogP contribution >= 0.6 is 0 Å². The van der Waals surface area contributed by atoms with Gasteiger partial charge in [0.2, 0.25) is 5.88 Å². The van der Waals surface area contributed by atoms with E-state index in [0.29, 0.717) is 18.0 Å². The number of ether oxygens (including phenoxy) is 1. The molecule has 1 aromatic rings. The molecule has 0 bridgehead atoms. The Kier molecular flexibility index (Phi) is 4.89. The van der Waals surface area contributed by atoms with Crippen molar-refractivity contribution in [1.29, 1.82) is 0 Å². The van der Waals surface area contributed by atoms with Crippen molar-refractivity contribution in [3.05, 3.63) is 23.9 Å². The smallest absolute Gasteiger partial charge is 0.217 e. The molecule has 1 atom stereocenters. The first kappa shape index (κ1) is 13.9. The number of sulfone groups is 1. The third-order valence-corrected chi connectivity index (χ3v) is 4.19. The van der Waals surface area contributed by atoms with Gasteiger partial charge in [-0.3, -0.25) is 0 Å². The molecule has 6 heteroatoms. The lowest BCUT2D eigenvalue weighted by Crippen LogP contribution is -2.22. The highest BCUT2D eigenvalue weighted by molar-refractivity contribution is 7.90. The van der Waals surface area contributed by atoms with E-state index in [1.165, 1.54) is 7.11 Å². The maximum Gasteiger partial charge on any atom is 0.217 e. The number of hydrogen-bond donors (Lipinski definition) is 1. The van der Waals surface area contributed by atoms with E-state index in [1.54, 1.807) is 18.3 Å². The molecule has 1 rings (SSSR count). The second kappa shape index (κ2) is 5.97. The maximum atomic E-state index is 11.9. The summed E-state index contributed by atoms with van der Waals surface area (Å²) in [5, 5.41) is 0. The van der Waals surface area contributed by atoms with Crippen LogP contribution in [0.25, 0.3) is 0 Å². The van der Waals surface area contributed by atoms with E-state index >= 15 is 0 Å². The number of hydrogen-bond acceptors (Lipinski definition) is 5. The highest BCUT2D eigenvalue weighted by Gasteiger charge is 2.18. The molecule has 0 aliphatic rings. The van der Waals surface area contributed by atoms with Crippen molar-refractivity contribution >= 4 is 9.84 Å². The standard InChI is InChI=1S/C11H18N2O3S/c1-9(6-12)7-17(14,15)8-10-4-3-5-13-11(10)16-2/h3-5,9H,6-8,12H2,1-2H3. The van der Waals surface area contributed by atoms with E-state index < -0.39 is 9.84 Å². The topological polar surface area (TPSA) is 82.3 Å². The first-order chi connectivity index (χ1) is 7.98. The molecule has 0 aromatic carbocycles. The highest BCUT2D eigenvalue weighted by atomic mass is 32.2. The molecular formula is C11H18N2O3S. The van der Waals surface area contributed by atoms with Gasteiger partial charge in [-0.1, -0.05) is 13.0 Å². The number of nitrogens with zero attached hydrogens (tertiary/aromatic N) is 1. The lowest BCUT2D eigenvalue weighted by Gasteiger charge is -2.11. The summed E-state index contributed by atoms with van der Waals surface area (Å²) in [4.78, 5) is 3.97. The molecule has 0 aliphatic heterocycles. The van der Waals surface area contributed by atoms with Crippen LogP contribution < -0.4 is 10.5 Å². The average Bonchev–Trinajstić information content (AvgIpc) is 2.28. The number of methoxy groups -OCH3 is 1. The Hall–Kier alpha value is -1.14. The summed E-state index contributed by atoms with van der Waals surface area (Å²) in [6.45, 7) is 2.18. The zero-order valence-electron chi connectivity index (χ0n) is 10.1. The Bertz CT molecular complexity index is 460. The van der Waals surface area contributed by atoms with Gasteiger partial charge >= 0.3 is 0 Å². The second-order valence-corrected chi connectivity index (χ2v) is 6.18. The monoisotopic (exact) mass is 258 g/mol. The van der Waals surface area contributed by atoms with Crippen molar-refractivity contribution in [2.24, 2.45) is 11.7 Å². The summed E-state index contributed by atoms with van der Waals surface area (Å²) >= 11 is 0. The van der Waals surface area contributed by atoms with Crippen LogP contribution in [0.1, 0.15) is 12.5 Å². The molecule has 17 heavy (non-hydrogen) atoms. The fourth-order valence-electron chi connectivity index (χ4n) is 1.52. The Morgan fingerprint density at radius 3 is 2.82 bits per heavy atom. The van der Waals surface area contributed by atoms with E-state index in [9.17, 15) is 8.42 Å². The first-order valence-electron chi connectivity index (χ1n) is 5.37. The molecule has 0 spiro atoms. The van der Waals surface area contributed by atoms with Gasteiger partial charge in [-0.15, -0.1) is 0 Å². The fraction of sp³-hybridized carbons (Fsp3) is 0.545. The van der Waals surface area contributed by atoms with E-state index in [-0.39, 0.29) is 17.4 Å². The van der Waals surface area contributed by atoms with E-state index in [1.807, 2.05) is 6.92 Å². The maximum absolute atomic E-state index is 11.9. The van der Waals surface area contributed by atoms with Crippen LogP contribution in [0.3, 0.4) is 0 Å². The molecule has 1 heterocycles. The van der Waals surface area contributed by atoms with Gasteiger partial charge in [-0.2, -0.15) is 0 Å². The van der Waals surface area contributed by atoms with Crippen LogP contribution in [0.2, 0.25) is 0 Å². The second-order valence-electron chi connectivity index (χ2n) is 4.07. The average molecular weight is 258 g/mol. The van der Waals surface area contributed by atoms with Crippen molar-refractivity contribution in [1.82, 2.24) is 4.98 Å². The van der Waals surface area contributed by atoms with Gasteiger partial charge in [0.15, 0.2) is 9.84 Å². The van der Waals surface area contributed by atoms with Crippen LogP contribution in [-0.2, 0) is 15.6 Å². The molecule has 0 aliphatic carbocycles. The highest BCUT2D eigenvalue weighted by Crippen LogP contribution is 2.18. The lowest BCUT2D eigenvalue weighted by molar-refractivity contribution is 0.394. The van der Waals surface area contributed by atoms with Crippen molar-refractivity contribution in [2.45, 2.75) is 12.7 Å². The molecule has 5 nitrogen and oxygen atoms in total. The van der Waals surface area contributed by atoms with Gasteiger partial charge in [0.05, 0.1) is 18.6 Å². The van der Waals surface area contributed by atoms with Crippen molar-refractivity contribution in [3.8, 4) is 5.88 Å². The predicted octanol–water partition coefficient (Wildman–Crippen LogP) is 0.600. The molecule has 0 amide bonds. The van der Waals surface area contributed by atoms with E-state index in [0.717, 1.165) is 0 Å². The summed E-state index contributed by atoms with van der Waals surface area (Å²) in [7, 11) is -1.71. The zero-order valence-corrected chi connectivity index (χ0v) is 10.9. The van der Waals surface area contributed by atoms with Crippen molar-refractivity contribution < 1.29 is 13.2 Å². The van der Waals surface area contributed by atoms with Gasteiger partial charge < -0.3 is 10.5 Å². The van der Waals surface area contributed by atoms with Gasteiger partial charge in [-0.25, -0.2) is 13.4 Å². The number of aromatic nitrogens is 1. The minimum Gasteiger partial charge on any atom is -0.481 e. The summed E-state index contributed by atoms with van der Waals surface area (Å²) in [5.74, 6) is 0.342. The molecule has 2 N–H and O–H groups in total. The van der Waals surface area contributed by atoms with Crippen molar-refractivity contribution in [3.63, 3.8) is 0 Å². The van der Waals surface area contributed by atoms with Gasteiger partial charge in [0.1, 0.15) is 0 Å². The Morgan fingerprint density at radius 2 is 2.24 bits per heavy atom. The Balaban J connectivity index is 2.83. The minimum absolute atomic E-state index is 0.0392. The van der Waals surface area contributed by atoms with Gasteiger partial charge in [0, 0.05) is 11.8 Å². The van der Waals surface area contributed by atoms with E-state index in [2.05, 4.69) is 4.98 Å². The summed E-state index contributed by atoms with van der Waals surface area (Å²) in [5.41, 5.74) is 6.01. The molecule has 96 valence electrons. The van der Waals surface area contributed by atoms with Crippen LogP contribution in [0.4, 0.5) is 0 Å². The third kappa shape index (κ3) is 4.32. The summed E-state index contributed by atoms with van der Waals surface area (Å²) in [6.07, 6.45) is 1.57. The Labute approximate surface area is 102 Å². The number of pyridine rings is 1. The van der Waals surface area contributed by atoms with Crippen molar-refractivity contribution in [2.75, 3.05) is 19.4 Å². The normalized spacial score (nSPS) is 13.4. The van der Waals surface area contributed by atoms with Crippen LogP contribution in [0.5, 0.6) is 5.88 Å². The third-order valence-electron chi connectivity index (χ3n) is 2.36. The minimum atomic E-state index is -3.18. The van der Waals surface area contributed by atoms with Crippen LogP contribution in [-0.4, -0.2) is 32.8 Å². The fourth-order valence-corrected chi connectivity index (χ4v) is 3.33. The lowest BCUT2D eigenvalue weighted by atomic mass is 10.2. The molecule has 1 unspecified atom stereocenters. The zero-order chi connectivity index (χ0) is 12.9. The summed E-state index contributed by atoms with van der Waals surface area (Å²) < 4.78 is 28.8. The largest absolute Gasteiger partial charge is 0.481 e. The summed E-state index contributed by atoms with van der Waals surface area (Å²) in [6, 6.07) is 3.40. The molecule has 0 radical (unpaired) electrons. The molecule has 0 fully saturated rings. The molecule has 0 saturated carbocycles. The Morgan fingerprint density at radius 1 is 1.53 bits per heavy atom. The molecule has 0 saturated heterocycles. The van der Waals surface area contributed by atoms with Gasteiger partial charge in [-0.05, 0) is 18.5 Å². The number of nitrogens with two attached hydrogens (primary N) is 1. The first-order valence-corrected chi connectivity index (χ1v) is 7.19. The quantitative estimate of drug-likeness (QED) is 0.808. The molecule has 1 aromatic heterocycles. The van der Waals surface area contributed by atoms with Crippen LogP contribution in [0.15, 0.2) is 18.3 Å². The van der Waals surface area contributed by atoms with Gasteiger partial charge in [0.25, 0.3) is 0 Å². The molecular weight excluding hydrogens is 240 g/mol.